The van der Waals surface area contributed by atoms with Gasteiger partial charge in [-0.2, -0.15) is 9.57 Å². The third-order valence-electron chi connectivity index (χ3n) is 3.46. The Morgan fingerprint density at radius 2 is 1.68 bits per heavy atom. The van der Waals surface area contributed by atoms with Gasteiger partial charge in [-0.25, -0.2) is 8.42 Å². The van der Waals surface area contributed by atoms with E-state index < -0.39 is 10.0 Å². The van der Waals surface area contributed by atoms with E-state index in [0.717, 1.165) is 6.42 Å². The molecule has 0 amide bonds. The average Bonchev–Trinajstić information content (AvgIpc) is 2.37. The van der Waals surface area contributed by atoms with Crippen LogP contribution in [0.15, 0.2) is 29.2 Å². The van der Waals surface area contributed by atoms with E-state index in [1.54, 1.807) is 16.4 Å². The fraction of sp³-hybridized carbons (Fsp3) is 0.500. The van der Waals surface area contributed by atoms with Gasteiger partial charge in [-0.3, -0.25) is 0 Å². The Morgan fingerprint density at radius 3 is 2.16 bits per heavy atom. The van der Waals surface area contributed by atoms with E-state index in [1.807, 2.05) is 6.07 Å². The molecular formula is C14H18N2O2S. The van der Waals surface area contributed by atoms with Gasteiger partial charge in [-0.05, 0) is 42.5 Å². The lowest BCUT2D eigenvalue weighted by atomic mass is 9.94. The fourth-order valence-corrected chi connectivity index (χ4v) is 4.33. The van der Waals surface area contributed by atoms with E-state index in [1.165, 1.54) is 12.1 Å². The molecule has 0 spiro atoms. The first-order valence-electron chi connectivity index (χ1n) is 6.44. The second-order valence-corrected chi connectivity index (χ2v) is 7.34. The van der Waals surface area contributed by atoms with Gasteiger partial charge in [-0.15, -0.1) is 0 Å². The quantitative estimate of drug-likeness (QED) is 0.833. The van der Waals surface area contributed by atoms with Gasteiger partial charge in [0.1, 0.15) is 0 Å². The van der Waals surface area contributed by atoms with E-state index in [-0.39, 0.29) is 4.90 Å². The monoisotopic (exact) mass is 278 g/mol. The predicted molar refractivity (Wildman–Crippen MR) is 72.9 cm³/mol. The van der Waals surface area contributed by atoms with Gasteiger partial charge >= 0.3 is 0 Å². The van der Waals surface area contributed by atoms with E-state index >= 15 is 0 Å². The molecule has 0 radical (unpaired) electrons. The third kappa shape index (κ3) is 2.96. The first kappa shape index (κ1) is 14.0. The van der Waals surface area contributed by atoms with Crippen LogP contribution in [0.3, 0.4) is 0 Å². The molecule has 2 unspecified atom stereocenters. The Morgan fingerprint density at radius 1 is 1.16 bits per heavy atom. The molecule has 1 fully saturated rings. The molecule has 0 aliphatic carbocycles. The molecule has 1 heterocycles. The van der Waals surface area contributed by atoms with E-state index in [0.29, 0.717) is 30.5 Å². The van der Waals surface area contributed by atoms with Crippen molar-refractivity contribution in [3.8, 4) is 6.07 Å². The summed E-state index contributed by atoms with van der Waals surface area (Å²) >= 11 is 0. The summed E-state index contributed by atoms with van der Waals surface area (Å²) in [5.41, 5.74) is 0.472. The lowest BCUT2D eigenvalue weighted by molar-refractivity contribution is 0.222. The van der Waals surface area contributed by atoms with Crippen molar-refractivity contribution in [2.24, 2.45) is 11.8 Å². The van der Waals surface area contributed by atoms with Crippen LogP contribution in [0.25, 0.3) is 0 Å². The maximum Gasteiger partial charge on any atom is 0.243 e. The van der Waals surface area contributed by atoms with E-state index in [4.69, 9.17) is 5.26 Å². The Bertz CT molecular complexity index is 577. The second-order valence-electron chi connectivity index (χ2n) is 5.40. The first-order valence-corrected chi connectivity index (χ1v) is 7.88. The van der Waals surface area contributed by atoms with Crippen molar-refractivity contribution < 1.29 is 8.42 Å². The van der Waals surface area contributed by atoms with Crippen LogP contribution in [-0.2, 0) is 10.0 Å². The highest BCUT2D eigenvalue weighted by molar-refractivity contribution is 7.89. The fourth-order valence-electron chi connectivity index (χ4n) is 2.65. The Kier molecular flexibility index (Phi) is 3.93. The van der Waals surface area contributed by atoms with Crippen molar-refractivity contribution in [2.75, 3.05) is 13.1 Å². The molecule has 0 N–H and O–H groups in total. The van der Waals surface area contributed by atoms with Gasteiger partial charge < -0.3 is 0 Å². The van der Waals surface area contributed by atoms with Gasteiger partial charge in [0.2, 0.25) is 10.0 Å². The van der Waals surface area contributed by atoms with Crippen molar-refractivity contribution in [1.29, 1.82) is 5.26 Å². The van der Waals surface area contributed by atoms with Crippen LogP contribution in [0.4, 0.5) is 0 Å². The lowest BCUT2D eigenvalue weighted by Crippen LogP contribution is -2.42. The molecule has 1 aromatic carbocycles. The molecule has 19 heavy (non-hydrogen) atoms. The van der Waals surface area contributed by atoms with Gasteiger partial charge in [-0.1, -0.05) is 13.8 Å². The first-order chi connectivity index (χ1) is 8.93. The number of piperidine rings is 1. The topological polar surface area (TPSA) is 61.2 Å². The summed E-state index contributed by atoms with van der Waals surface area (Å²) < 4.78 is 26.6. The number of rotatable bonds is 2. The average molecular weight is 278 g/mol. The van der Waals surface area contributed by atoms with Crippen LogP contribution >= 0.6 is 0 Å². The highest BCUT2D eigenvalue weighted by Crippen LogP contribution is 2.26. The minimum atomic E-state index is -3.43. The van der Waals surface area contributed by atoms with Crippen LogP contribution in [-0.4, -0.2) is 25.8 Å². The van der Waals surface area contributed by atoms with Crippen molar-refractivity contribution >= 4 is 10.0 Å². The number of hydrogen-bond acceptors (Lipinski definition) is 3. The zero-order chi connectivity index (χ0) is 14.0. The molecule has 0 bridgehead atoms. The van der Waals surface area contributed by atoms with Gasteiger partial charge in [0.15, 0.2) is 0 Å². The molecule has 102 valence electrons. The Balaban J connectivity index is 2.28. The number of nitrogens with zero attached hydrogens (tertiary/aromatic N) is 2. The van der Waals surface area contributed by atoms with Gasteiger partial charge in [0.05, 0.1) is 16.5 Å². The molecule has 1 aromatic rings. The van der Waals surface area contributed by atoms with Crippen molar-refractivity contribution in [2.45, 2.75) is 25.2 Å². The van der Waals surface area contributed by atoms with Crippen molar-refractivity contribution in [1.82, 2.24) is 4.31 Å². The highest BCUT2D eigenvalue weighted by atomic mass is 32.2. The predicted octanol–water partition coefficient (Wildman–Crippen LogP) is 2.22. The lowest BCUT2D eigenvalue weighted by Gasteiger charge is -2.34. The minimum Gasteiger partial charge on any atom is -0.207 e. The summed E-state index contributed by atoms with van der Waals surface area (Å²) in [5, 5.41) is 8.74. The zero-order valence-corrected chi connectivity index (χ0v) is 12.0. The van der Waals surface area contributed by atoms with Gasteiger partial charge in [0.25, 0.3) is 0 Å². The minimum absolute atomic E-state index is 0.271. The summed E-state index contributed by atoms with van der Waals surface area (Å²) in [5.74, 6) is 0.772. The SMILES string of the molecule is CC1CC(C)CN(S(=O)(=O)c2ccc(C#N)cc2)C1. The van der Waals surface area contributed by atoms with Crippen LogP contribution in [0.2, 0.25) is 0 Å². The van der Waals surface area contributed by atoms with Crippen LogP contribution in [0.5, 0.6) is 0 Å². The van der Waals surface area contributed by atoms with Crippen LogP contribution < -0.4 is 0 Å². The molecule has 1 aliphatic heterocycles. The maximum atomic E-state index is 12.5. The number of sulfonamides is 1. The number of hydrogen-bond donors (Lipinski definition) is 0. The van der Waals surface area contributed by atoms with Crippen LogP contribution in [0.1, 0.15) is 25.8 Å². The standard InChI is InChI=1S/C14H18N2O2S/c1-11-7-12(2)10-16(9-11)19(17,18)14-5-3-13(8-15)4-6-14/h3-6,11-12H,7,9-10H2,1-2H3. The van der Waals surface area contributed by atoms with Crippen LogP contribution in [0, 0.1) is 23.2 Å². The van der Waals surface area contributed by atoms with E-state index in [9.17, 15) is 8.42 Å². The summed E-state index contributed by atoms with van der Waals surface area (Å²) in [7, 11) is -3.43. The summed E-state index contributed by atoms with van der Waals surface area (Å²) in [6.45, 7) is 5.31. The molecule has 1 saturated heterocycles. The Hall–Kier alpha value is -1.38. The highest BCUT2D eigenvalue weighted by Gasteiger charge is 2.31. The second kappa shape index (κ2) is 5.32. The smallest absolute Gasteiger partial charge is 0.207 e. The summed E-state index contributed by atoms with van der Waals surface area (Å²) in [6, 6.07) is 8.10. The Labute approximate surface area is 114 Å². The molecule has 1 aliphatic rings. The maximum absolute atomic E-state index is 12.5. The molecular weight excluding hydrogens is 260 g/mol. The normalized spacial score (nSPS) is 24.9. The molecule has 2 atom stereocenters. The number of benzene rings is 1. The van der Waals surface area contributed by atoms with Gasteiger partial charge in [0, 0.05) is 13.1 Å². The molecule has 2 rings (SSSR count). The zero-order valence-electron chi connectivity index (χ0n) is 11.2. The molecule has 0 saturated carbocycles. The summed E-state index contributed by atoms with van der Waals surface area (Å²) in [4.78, 5) is 0.271. The summed E-state index contributed by atoms with van der Waals surface area (Å²) in [6.07, 6.45) is 1.07. The molecule has 5 heteroatoms. The molecule has 0 aromatic heterocycles. The largest absolute Gasteiger partial charge is 0.243 e. The molecule has 4 nitrogen and oxygen atoms in total. The van der Waals surface area contributed by atoms with Crippen molar-refractivity contribution in [3.63, 3.8) is 0 Å². The van der Waals surface area contributed by atoms with Crippen molar-refractivity contribution in [3.05, 3.63) is 29.8 Å². The number of nitriles is 1. The van der Waals surface area contributed by atoms with E-state index in [2.05, 4.69) is 13.8 Å². The third-order valence-corrected chi connectivity index (χ3v) is 5.30.